The van der Waals surface area contributed by atoms with Crippen molar-refractivity contribution >= 4 is 27.6 Å². The van der Waals surface area contributed by atoms with E-state index in [1.807, 2.05) is 23.5 Å². The summed E-state index contributed by atoms with van der Waals surface area (Å²) in [7, 11) is -3.03. The number of hydrogen-bond donors (Lipinski definition) is 2. The van der Waals surface area contributed by atoms with Gasteiger partial charge in [-0.3, -0.25) is 4.79 Å². The average molecular weight is 532 g/mol. The number of rotatable bonds is 6. The summed E-state index contributed by atoms with van der Waals surface area (Å²) in [4.78, 5) is 23.3. The molecule has 1 unspecified atom stereocenters. The van der Waals surface area contributed by atoms with E-state index in [9.17, 15) is 22.0 Å². The van der Waals surface area contributed by atoms with Gasteiger partial charge >= 0.3 is 0 Å². The van der Waals surface area contributed by atoms with Crippen LogP contribution in [0.3, 0.4) is 0 Å². The molecule has 0 spiro atoms. The number of nitrogens with one attached hydrogen (secondary N) is 1. The summed E-state index contributed by atoms with van der Waals surface area (Å²) in [5, 5.41) is 0. The zero-order valence-electron chi connectivity index (χ0n) is 20.7. The van der Waals surface area contributed by atoms with Gasteiger partial charge in [-0.25, -0.2) is 31.9 Å². The Labute approximate surface area is 213 Å². The number of anilines is 2. The Morgan fingerprint density at radius 2 is 1.92 bits per heavy atom. The molecule has 3 aromatic rings. The molecule has 3 N–H and O–H groups in total. The number of ether oxygens (including phenoxy) is 1. The third kappa shape index (κ3) is 4.80. The van der Waals surface area contributed by atoms with Gasteiger partial charge in [-0.1, -0.05) is 6.92 Å². The molecule has 37 heavy (non-hydrogen) atoms. The van der Waals surface area contributed by atoms with Crippen LogP contribution in [0.5, 0.6) is 5.75 Å². The van der Waals surface area contributed by atoms with Crippen LogP contribution in [0.15, 0.2) is 47.5 Å². The molecule has 2 aromatic heterocycles. The van der Waals surface area contributed by atoms with Crippen LogP contribution in [-0.4, -0.2) is 43.5 Å². The van der Waals surface area contributed by atoms with Crippen LogP contribution >= 0.6 is 0 Å². The van der Waals surface area contributed by atoms with Gasteiger partial charge in [0.15, 0.2) is 11.6 Å². The van der Waals surface area contributed by atoms with E-state index >= 15 is 0 Å². The van der Waals surface area contributed by atoms with Gasteiger partial charge in [0, 0.05) is 29.9 Å². The highest BCUT2D eigenvalue weighted by Gasteiger charge is 2.41. The van der Waals surface area contributed by atoms with Gasteiger partial charge in [-0.05, 0) is 56.5 Å². The fourth-order valence-electron chi connectivity index (χ4n) is 4.35. The fourth-order valence-corrected chi connectivity index (χ4v) is 5.40. The molecular formula is C25H27F2N5O4S. The van der Waals surface area contributed by atoms with Crippen LogP contribution < -0.4 is 20.1 Å². The van der Waals surface area contributed by atoms with Gasteiger partial charge in [0.2, 0.25) is 0 Å². The second-order valence-corrected chi connectivity index (χ2v) is 11.0. The number of benzene rings is 1. The van der Waals surface area contributed by atoms with Crippen molar-refractivity contribution in [2.45, 2.75) is 37.6 Å². The van der Waals surface area contributed by atoms with E-state index in [-0.39, 0.29) is 45.0 Å². The fraction of sp³-hybridized carbons (Fsp3) is 0.320. The highest BCUT2D eigenvalue weighted by Crippen LogP contribution is 2.40. The number of carbonyl (C=O) groups excluding carboxylic acids is 1. The third-order valence-electron chi connectivity index (χ3n) is 6.90. The molecule has 0 radical (unpaired) electrons. The number of halogens is 2. The molecule has 0 aliphatic carbocycles. The summed E-state index contributed by atoms with van der Waals surface area (Å²) < 4.78 is 61.0. The summed E-state index contributed by atoms with van der Waals surface area (Å²) >= 11 is 0. The number of aromatic nitrogens is 2. The second-order valence-electron chi connectivity index (χ2n) is 9.35. The predicted molar refractivity (Wildman–Crippen MR) is 135 cm³/mol. The molecule has 12 heteroatoms. The Morgan fingerprint density at radius 1 is 1.22 bits per heavy atom. The number of nitrogen functional groups attached to an aromatic ring is 1. The summed E-state index contributed by atoms with van der Waals surface area (Å²) in [6.07, 6.45) is 2.14. The SMILES string of the molecule is COc1cc(F)c(F)cc1-c1ccc(C(=O)NS(=O)(=O)c2cccnc2N)c(N2CCC(C)C2(C)C)n1. The van der Waals surface area contributed by atoms with Crippen LogP contribution in [0.25, 0.3) is 11.3 Å². The third-order valence-corrected chi connectivity index (χ3v) is 8.28. The minimum atomic E-state index is -4.35. The quantitative estimate of drug-likeness (QED) is 0.492. The highest BCUT2D eigenvalue weighted by atomic mass is 32.2. The number of hydrogen-bond acceptors (Lipinski definition) is 8. The number of pyridine rings is 2. The van der Waals surface area contributed by atoms with E-state index in [1.54, 1.807) is 0 Å². The maximum absolute atomic E-state index is 14.1. The monoisotopic (exact) mass is 531 g/mol. The van der Waals surface area contributed by atoms with Crippen molar-refractivity contribution in [1.29, 1.82) is 0 Å². The molecule has 1 fully saturated rings. The van der Waals surface area contributed by atoms with Crippen molar-refractivity contribution in [3.8, 4) is 17.0 Å². The first-order valence-corrected chi connectivity index (χ1v) is 12.9. The minimum Gasteiger partial charge on any atom is -0.496 e. The molecule has 1 amide bonds. The largest absolute Gasteiger partial charge is 0.496 e. The lowest BCUT2D eigenvalue weighted by Gasteiger charge is -2.36. The Morgan fingerprint density at radius 3 is 2.54 bits per heavy atom. The summed E-state index contributed by atoms with van der Waals surface area (Å²) in [6.45, 7) is 6.59. The van der Waals surface area contributed by atoms with Crippen molar-refractivity contribution in [2.75, 3.05) is 24.3 Å². The number of nitrogens with zero attached hydrogens (tertiary/aromatic N) is 3. The van der Waals surface area contributed by atoms with E-state index in [1.165, 1.54) is 37.6 Å². The number of amides is 1. The van der Waals surface area contributed by atoms with E-state index in [2.05, 4.69) is 16.9 Å². The van der Waals surface area contributed by atoms with E-state index in [4.69, 9.17) is 10.5 Å². The maximum Gasteiger partial charge on any atom is 0.268 e. The summed E-state index contributed by atoms with van der Waals surface area (Å²) in [5.74, 6) is -2.86. The highest BCUT2D eigenvalue weighted by molar-refractivity contribution is 7.90. The zero-order valence-corrected chi connectivity index (χ0v) is 21.6. The lowest BCUT2D eigenvalue weighted by atomic mass is 9.90. The topological polar surface area (TPSA) is 128 Å². The maximum atomic E-state index is 14.1. The van der Waals surface area contributed by atoms with Gasteiger partial charge in [0.25, 0.3) is 15.9 Å². The van der Waals surface area contributed by atoms with Gasteiger partial charge in [0.1, 0.15) is 22.3 Å². The first kappa shape index (κ1) is 26.3. The standard InChI is InChI=1S/C25H27F2N5O4S/c1-14-9-11-32(25(14,2)3)23-15(24(33)31-37(34,35)21-6-5-10-29-22(21)28)7-8-19(30-23)16-12-17(26)18(27)13-20(16)36-4/h5-8,10,12-14H,9,11H2,1-4H3,(H2,28,29)(H,31,33). The van der Waals surface area contributed by atoms with E-state index < -0.39 is 33.1 Å². The van der Waals surface area contributed by atoms with Gasteiger partial charge in [-0.2, -0.15) is 0 Å². The minimum absolute atomic E-state index is 0.0153. The number of methoxy groups -OCH3 is 1. The first-order chi connectivity index (χ1) is 17.4. The zero-order chi connectivity index (χ0) is 27.1. The number of nitrogens with two attached hydrogens (primary N) is 1. The van der Waals surface area contributed by atoms with Crippen molar-refractivity contribution in [3.05, 3.63) is 59.8 Å². The molecular weight excluding hydrogens is 504 g/mol. The molecule has 196 valence electrons. The second kappa shape index (κ2) is 9.58. The Hall–Kier alpha value is -3.80. The number of carbonyl (C=O) groups is 1. The van der Waals surface area contributed by atoms with Crippen LogP contribution in [-0.2, 0) is 10.0 Å². The van der Waals surface area contributed by atoms with E-state index in [0.29, 0.717) is 6.54 Å². The normalized spacial score (nSPS) is 17.0. The molecule has 1 aromatic carbocycles. The molecule has 1 saturated heterocycles. The molecule has 4 rings (SSSR count). The number of sulfonamides is 1. The van der Waals surface area contributed by atoms with E-state index in [0.717, 1.165) is 18.6 Å². The molecule has 1 aliphatic heterocycles. The Kier molecular flexibility index (Phi) is 6.80. The predicted octanol–water partition coefficient (Wildman–Crippen LogP) is 3.76. The van der Waals surface area contributed by atoms with Gasteiger partial charge in [-0.15, -0.1) is 0 Å². The summed E-state index contributed by atoms with van der Waals surface area (Å²) in [6, 6.07) is 7.33. The van der Waals surface area contributed by atoms with Crippen LogP contribution in [0, 0.1) is 17.6 Å². The van der Waals surface area contributed by atoms with Crippen LogP contribution in [0.4, 0.5) is 20.4 Å². The molecule has 0 bridgehead atoms. The lowest BCUT2D eigenvalue weighted by Crippen LogP contribution is -2.43. The molecule has 9 nitrogen and oxygen atoms in total. The smallest absolute Gasteiger partial charge is 0.268 e. The lowest BCUT2D eigenvalue weighted by molar-refractivity contribution is 0.0981. The average Bonchev–Trinajstić information content (AvgIpc) is 3.11. The molecule has 1 atom stereocenters. The summed E-state index contributed by atoms with van der Waals surface area (Å²) in [5.41, 5.74) is 5.65. The van der Waals surface area contributed by atoms with Crippen molar-refractivity contribution in [3.63, 3.8) is 0 Å². The molecule has 3 heterocycles. The van der Waals surface area contributed by atoms with Crippen molar-refractivity contribution in [1.82, 2.24) is 14.7 Å². The van der Waals surface area contributed by atoms with Crippen LogP contribution in [0.2, 0.25) is 0 Å². The Balaban J connectivity index is 1.84. The van der Waals surface area contributed by atoms with Crippen LogP contribution in [0.1, 0.15) is 37.6 Å². The molecule has 0 saturated carbocycles. The van der Waals surface area contributed by atoms with Crippen molar-refractivity contribution < 1.29 is 26.7 Å². The van der Waals surface area contributed by atoms with Crippen molar-refractivity contribution in [2.24, 2.45) is 5.92 Å². The Bertz CT molecular complexity index is 1480. The molecule has 1 aliphatic rings. The van der Waals surface area contributed by atoms with Gasteiger partial charge < -0.3 is 15.4 Å². The van der Waals surface area contributed by atoms with Gasteiger partial charge in [0.05, 0.1) is 18.4 Å². The first-order valence-electron chi connectivity index (χ1n) is 11.5.